The molecule has 0 aromatic carbocycles. The number of nitriles is 1. The highest BCUT2D eigenvalue weighted by molar-refractivity contribution is 5.31. The van der Waals surface area contributed by atoms with Crippen LogP contribution in [0.15, 0.2) is 49.3 Å². The molecule has 0 saturated heterocycles. The number of anilines is 1. The quantitative estimate of drug-likeness (QED) is 0.708. The number of hydrogen-bond donors (Lipinski definition) is 0. The number of rotatable bonds is 4. The fraction of sp³-hybridized carbons (Fsp3) is 0.278. The molecule has 0 bridgehead atoms. The normalized spacial score (nSPS) is 16.4. The van der Waals surface area contributed by atoms with Crippen molar-refractivity contribution >= 4 is 5.95 Å². The standard InChI is InChI=1S/C18H17N7O/c19-6-14-2-3-17(23-7-14)26-12-15-9-24(18-21-4-1-5-22-18)11-16-8-20-13-25(16)10-15/h1-5,7-8,13,15H,9-12H2/t15-/m1/s1. The van der Waals surface area contributed by atoms with E-state index in [1.165, 1.54) is 6.20 Å². The summed E-state index contributed by atoms with van der Waals surface area (Å²) in [5.41, 5.74) is 1.64. The van der Waals surface area contributed by atoms with Crippen molar-refractivity contribution in [2.24, 2.45) is 5.92 Å². The zero-order valence-corrected chi connectivity index (χ0v) is 14.1. The van der Waals surface area contributed by atoms with Crippen molar-refractivity contribution in [3.05, 3.63) is 60.6 Å². The summed E-state index contributed by atoms with van der Waals surface area (Å²) in [5, 5.41) is 8.85. The zero-order valence-electron chi connectivity index (χ0n) is 14.1. The van der Waals surface area contributed by atoms with E-state index >= 15 is 0 Å². The fourth-order valence-electron chi connectivity index (χ4n) is 3.00. The Morgan fingerprint density at radius 3 is 2.81 bits per heavy atom. The third kappa shape index (κ3) is 3.47. The molecule has 3 aromatic rings. The molecule has 4 heterocycles. The van der Waals surface area contributed by atoms with E-state index in [0.29, 0.717) is 30.5 Å². The predicted octanol–water partition coefficient (Wildman–Crippen LogP) is 1.66. The lowest BCUT2D eigenvalue weighted by Crippen LogP contribution is -2.32. The Hall–Kier alpha value is -3.47. The van der Waals surface area contributed by atoms with E-state index in [9.17, 15) is 0 Å². The highest BCUT2D eigenvalue weighted by Gasteiger charge is 2.24. The summed E-state index contributed by atoms with van der Waals surface area (Å²) in [7, 11) is 0. The van der Waals surface area contributed by atoms with E-state index < -0.39 is 0 Å². The molecular weight excluding hydrogens is 330 g/mol. The molecule has 1 atom stereocenters. The van der Waals surface area contributed by atoms with Gasteiger partial charge in [-0.2, -0.15) is 5.26 Å². The van der Waals surface area contributed by atoms with Gasteiger partial charge in [-0.05, 0) is 12.1 Å². The first-order chi connectivity index (χ1) is 12.8. The van der Waals surface area contributed by atoms with Gasteiger partial charge >= 0.3 is 0 Å². The Morgan fingerprint density at radius 1 is 1.15 bits per heavy atom. The van der Waals surface area contributed by atoms with E-state index in [1.807, 2.05) is 18.6 Å². The Balaban J connectivity index is 1.50. The van der Waals surface area contributed by atoms with E-state index in [0.717, 1.165) is 18.8 Å². The molecule has 26 heavy (non-hydrogen) atoms. The van der Waals surface area contributed by atoms with Crippen molar-refractivity contribution in [1.29, 1.82) is 5.26 Å². The molecule has 0 aliphatic carbocycles. The first kappa shape index (κ1) is 16.0. The Bertz CT molecular complexity index is 901. The molecule has 3 aromatic heterocycles. The van der Waals surface area contributed by atoms with E-state index in [1.54, 1.807) is 24.5 Å². The average Bonchev–Trinajstić information content (AvgIpc) is 3.05. The lowest BCUT2D eigenvalue weighted by molar-refractivity contribution is 0.229. The maximum absolute atomic E-state index is 8.85. The summed E-state index contributed by atoms with van der Waals surface area (Å²) < 4.78 is 8.00. The van der Waals surface area contributed by atoms with Gasteiger partial charge in [0.05, 0.1) is 30.7 Å². The van der Waals surface area contributed by atoms with Gasteiger partial charge in [-0.25, -0.2) is 19.9 Å². The summed E-state index contributed by atoms with van der Waals surface area (Å²) in [6.07, 6.45) is 8.73. The van der Waals surface area contributed by atoms with Crippen LogP contribution in [-0.4, -0.2) is 37.7 Å². The number of pyridine rings is 1. The van der Waals surface area contributed by atoms with Gasteiger partial charge in [0.25, 0.3) is 0 Å². The number of aromatic nitrogens is 5. The van der Waals surface area contributed by atoms with Gasteiger partial charge in [0, 0.05) is 49.9 Å². The molecule has 0 saturated carbocycles. The molecule has 130 valence electrons. The lowest BCUT2D eigenvalue weighted by Gasteiger charge is -2.23. The Morgan fingerprint density at radius 2 is 2.04 bits per heavy atom. The largest absolute Gasteiger partial charge is 0.477 e. The first-order valence-electron chi connectivity index (χ1n) is 8.32. The van der Waals surface area contributed by atoms with Gasteiger partial charge in [0.1, 0.15) is 6.07 Å². The SMILES string of the molecule is N#Cc1ccc(OC[C@@H]2CN(c3ncccn3)Cc3cncn3C2)nc1. The molecule has 4 rings (SSSR count). The van der Waals surface area contributed by atoms with Crippen molar-refractivity contribution in [2.75, 3.05) is 18.1 Å². The molecule has 1 aliphatic rings. The summed E-state index contributed by atoms with van der Waals surface area (Å²) in [6, 6.07) is 7.28. The van der Waals surface area contributed by atoms with E-state index in [-0.39, 0.29) is 5.92 Å². The molecule has 1 aliphatic heterocycles. The minimum absolute atomic E-state index is 0.215. The fourth-order valence-corrected chi connectivity index (χ4v) is 3.00. The Kier molecular flexibility index (Phi) is 4.43. The van der Waals surface area contributed by atoms with Gasteiger partial charge < -0.3 is 14.2 Å². The van der Waals surface area contributed by atoms with Crippen molar-refractivity contribution in [2.45, 2.75) is 13.1 Å². The monoisotopic (exact) mass is 347 g/mol. The summed E-state index contributed by atoms with van der Waals surface area (Å²) in [5.74, 6) is 1.43. The minimum atomic E-state index is 0.215. The highest BCUT2D eigenvalue weighted by Crippen LogP contribution is 2.20. The van der Waals surface area contributed by atoms with Crippen LogP contribution in [0.25, 0.3) is 0 Å². The third-order valence-electron chi connectivity index (χ3n) is 4.25. The van der Waals surface area contributed by atoms with Gasteiger partial charge in [0.2, 0.25) is 11.8 Å². The van der Waals surface area contributed by atoms with Gasteiger partial charge in [0.15, 0.2) is 0 Å². The second kappa shape index (κ2) is 7.19. The maximum Gasteiger partial charge on any atom is 0.225 e. The Labute approximate surface area is 150 Å². The molecule has 8 heteroatoms. The lowest BCUT2D eigenvalue weighted by atomic mass is 10.1. The summed E-state index contributed by atoms with van der Waals surface area (Å²) >= 11 is 0. The summed E-state index contributed by atoms with van der Waals surface area (Å²) in [4.78, 5) is 19.3. The van der Waals surface area contributed by atoms with E-state index in [2.05, 4.69) is 35.5 Å². The van der Waals surface area contributed by atoms with Crippen LogP contribution in [0.1, 0.15) is 11.3 Å². The smallest absolute Gasteiger partial charge is 0.225 e. The molecule has 0 unspecified atom stereocenters. The van der Waals surface area contributed by atoms with Crippen LogP contribution >= 0.6 is 0 Å². The molecular formula is C18H17N7O. The molecule has 0 fully saturated rings. The topological polar surface area (TPSA) is 92.8 Å². The second-order valence-electron chi connectivity index (χ2n) is 6.14. The van der Waals surface area contributed by atoms with E-state index in [4.69, 9.17) is 10.00 Å². The third-order valence-corrected chi connectivity index (χ3v) is 4.25. The summed E-state index contributed by atoms with van der Waals surface area (Å²) in [6.45, 7) is 2.77. The van der Waals surface area contributed by atoms with Crippen molar-refractivity contribution in [1.82, 2.24) is 24.5 Å². The van der Waals surface area contributed by atoms with Crippen LogP contribution in [0, 0.1) is 17.2 Å². The minimum Gasteiger partial charge on any atom is -0.477 e. The number of fused-ring (bicyclic) bond motifs is 1. The predicted molar refractivity (Wildman–Crippen MR) is 93.2 cm³/mol. The average molecular weight is 347 g/mol. The number of nitrogens with zero attached hydrogens (tertiary/aromatic N) is 7. The van der Waals surface area contributed by atoms with Gasteiger partial charge in [-0.1, -0.05) is 0 Å². The van der Waals surface area contributed by atoms with Gasteiger partial charge in [-0.15, -0.1) is 0 Å². The number of imidazole rings is 1. The van der Waals surface area contributed by atoms with Crippen LogP contribution in [0.3, 0.4) is 0 Å². The molecule has 0 spiro atoms. The van der Waals surface area contributed by atoms with Gasteiger partial charge in [-0.3, -0.25) is 0 Å². The zero-order chi connectivity index (χ0) is 17.8. The number of hydrogen-bond acceptors (Lipinski definition) is 7. The molecule has 8 nitrogen and oxygen atoms in total. The number of ether oxygens (including phenoxy) is 1. The van der Waals surface area contributed by atoms with Crippen LogP contribution in [-0.2, 0) is 13.1 Å². The maximum atomic E-state index is 8.85. The first-order valence-corrected chi connectivity index (χ1v) is 8.32. The van der Waals surface area contributed by atoms with Crippen molar-refractivity contribution < 1.29 is 4.74 Å². The molecule has 0 amide bonds. The van der Waals surface area contributed by atoms with Crippen LogP contribution in [0.2, 0.25) is 0 Å². The second-order valence-corrected chi connectivity index (χ2v) is 6.14. The molecule has 0 radical (unpaired) electrons. The van der Waals surface area contributed by atoms with Crippen LogP contribution in [0.4, 0.5) is 5.95 Å². The van der Waals surface area contributed by atoms with Crippen molar-refractivity contribution in [3.63, 3.8) is 0 Å². The van der Waals surface area contributed by atoms with Crippen molar-refractivity contribution in [3.8, 4) is 11.9 Å². The van der Waals surface area contributed by atoms with Crippen LogP contribution < -0.4 is 9.64 Å². The molecule has 0 N–H and O–H groups in total. The van der Waals surface area contributed by atoms with Crippen LogP contribution in [0.5, 0.6) is 5.88 Å². The highest BCUT2D eigenvalue weighted by atomic mass is 16.5.